The van der Waals surface area contributed by atoms with Crippen molar-refractivity contribution in [1.29, 1.82) is 0 Å². The van der Waals surface area contributed by atoms with E-state index in [0.717, 1.165) is 31.0 Å². The molecular weight excluding hydrogens is 260 g/mol. The summed E-state index contributed by atoms with van der Waals surface area (Å²) in [6.07, 6.45) is 8.69. The van der Waals surface area contributed by atoms with Crippen LogP contribution in [-0.2, 0) is 0 Å². The van der Waals surface area contributed by atoms with Crippen molar-refractivity contribution in [2.75, 3.05) is 29.9 Å². The van der Waals surface area contributed by atoms with Crippen molar-refractivity contribution in [1.82, 2.24) is 9.88 Å². The summed E-state index contributed by atoms with van der Waals surface area (Å²) in [6, 6.07) is 6.56. The van der Waals surface area contributed by atoms with Gasteiger partial charge in [0.1, 0.15) is 5.82 Å². The predicted octanol–water partition coefficient (Wildman–Crippen LogP) is 2.72. The third kappa shape index (κ3) is 2.86. The van der Waals surface area contributed by atoms with Crippen molar-refractivity contribution < 1.29 is 0 Å². The molecule has 2 unspecified atom stereocenters. The van der Waals surface area contributed by atoms with Crippen molar-refractivity contribution >= 4 is 11.5 Å². The molecule has 1 saturated carbocycles. The maximum atomic E-state index is 4.64. The summed E-state index contributed by atoms with van der Waals surface area (Å²) in [5.74, 6) is 1.14. The Morgan fingerprint density at radius 1 is 1.19 bits per heavy atom. The van der Waals surface area contributed by atoms with Crippen LogP contribution in [-0.4, -0.2) is 47.6 Å². The van der Waals surface area contributed by atoms with E-state index in [9.17, 15) is 0 Å². The molecule has 0 amide bonds. The van der Waals surface area contributed by atoms with Crippen LogP contribution in [0.4, 0.5) is 11.5 Å². The van der Waals surface area contributed by atoms with E-state index >= 15 is 0 Å². The Hall–Kier alpha value is -1.29. The van der Waals surface area contributed by atoms with Crippen molar-refractivity contribution in [2.24, 2.45) is 0 Å². The fourth-order valence-electron chi connectivity index (χ4n) is 3.92. The van der Waals surface area contributed by atoms with Crippen LogP contribution < -0.4 is 10.2 Å². The lowest BCUT2D eigenvalue weighted by molar-refractivity contribution is 0.257. The Morgan fingerprint density at radius 2 is 2.00 bits per heavy atom. The first-order valence-corrected chi connectivity index (χ1v) is 8.53. The number of rotatable bonds is 4. The maximum absolute atomic E-state index is 4.64. The molecule has 0 spiro atoms. The van der Waals surface area contributed by atoms with Gasteiger partial charge in [-0.25, -0.2) is 4.98 Å². The second-order valence-electron chi connectivity index (χ2n) is 6.95. The zero-order chi connectivity index (χ0) is 14.2. The first kappa shape index (κ1) is 13.4. The molecule has 0 bridgehead atoms. The number of likely N-dealkylation sites (tertiary alicyclic amines) is 1. The summed E-state index contributed by atoms with van der Waals surface area (Å²) < 4.78 is 0. The minimum atomic E-state index is 0.583. The molecule has 21 heavy (non-hydrogen) atoms. The molecule has 2 aliphatic heterocycles. The monoisotopic (exact) mass is 286 g/mol. The van der Waals surface area contributed by atoms with Gasteiger partial charge in [0, 0.05) is 37.8 Å². The van der Waals surface area contributed by atoms with Crippen LogP contribution in [0.1, 0.15) is 39.0 Å². The SMILES string of the molecule is CC1CC(Nc2ccc(N3CCCC3)nc2)CN1C1CC1. The molecule has 114 valence electrons. The van der Waals surface area contributed by atoms with E-state index in [-0.39, 0.29) is 0 Å². The number of aromatic nitrogens is 1. The minimum absolute atomic E-state index is 0.583. The molecule has 1 aromatic rings. The number of hydrogen-bond acceptors (Lipinski definition) is 4. The standard InChI is InChI=1S/C17H26N4/c1-13-10-15(12-21(13)16-5-6-16)19-14-4-7-17(18-11-14)20-8-2-3-9-20/h4,7,11,13,15-16,19H,2-3,5-6,8-10,12H2,1H3. The molecule has 1 aromatic heterocycles. The predicted molar refractivity (Wildman–Crippen MR) is 86.9 cm³/mol. The van der Waals surface area contributed by atoms with Gasteiger partial charge in [0.25, 0.3) is 0 Å². The highest BCUT2D eigenvalue weighted by molar-refractivity contribution is 5.49. The van der Waals surface area contributed by atoms with Gasteiger partial charge in [-0.15, -0.1) is 0 Å². The molecule has 3 heterocycles. The molecule has 4 heteroatoms. The quantitative estimate of drug-likeness (QED) is 0.922. The summed E-state index contributed by atoms with van der Waals surface area (Å²) in [5, 5.41) is 3.68. The van der Waals surface area contributed by atoms with Gasteiger partial charge in [0.2, 0.25) is 0 Å². The van der Waals surface area contributed by atoms with Crippen LogP contribution in [0.25, 0.3) is 0 Å². The minimum Gasteiger partial charge on any atom is -0.380 e. The van der Waals surface area contributed by atoms with Gasteiger partial charge in [-0.05, 0) is 51.2 Å². The molecule has 4 rings (SSSR count). The number of anilines is 2. The van der Waals surface area contributed by atoms with Crippen LogP contribution >= 0.6 is 0 Å². The van der Waals surface area contributed by atoms with Crippen molar-refractivity contribution in [2.45, 2.75) is 57.2 Å². The second kappa shape index (κ2) is 5.48. The van der Waals surface area contributed by atoms with Crippen molar-refractivity contribution in [3.63, 3.8) is 0 Å². The molecule has 1 N–H and O–H groups in total. The third-order valence-corrected chi connectivity index (χ3v) is 5.19. The van der Waals surface area contributed by atoms with Gasteiger partial charge >= 0.3 is 0 Å². The van der Waals surface area contributed by atoms with Crippen LogP contribution in [0.15, 0.2) is 18.3 Å². The zero-order valence-corrected chi connectivity index (χ0v) is 13.0. The van der Waals surface area contributed by atoms with Gasteiger partial charge in [-0.3, -0.25) is 4.90 Å². The normalized spacial score (nSPS) is 30.0. The number of pyridine rings is 1. The maximum Gasteiger partial charge on any atom is 0.128 e. The summed E-state index contributed by atoms with van der Waals surface area (Å²) in [5.41, 5.74) is 1.17. The molecule has 1 aliphatic carbocycles. The first-order valence-electron chi connectivity index (χ1n) is 8.53. The van der Waals surface area contributed by atoms with E-state index in [1.807, 2.05) is 6.20 Å². The fourth-order valence-corrected chi connectivity index (χ4v) is 3.92. The van der Waals surface area contributed by atoms with Crippen LogP contribution in [0, 0.1) is 0 Å². The third-order valence-electron chi connectivity index (χ3n) is 5.19. The van der Waals surface area contributed by atoms with Crippen LogP contribution in [0.2, 0.25) is 0 Å². The van der Waals surface area contributed by atoms with Gasteiger partial charge < -0.3 is 10.2 Å². The Labute approximate surface area is 127 Å². The largest absolute Gasteiger partial charge is 0.380 e. The lowest BCUT2D eigenvalue weighted by atomic mass is 10.2. The molecule has 0 radical (unpaired) electrons. The van der Waals surface area contributed by atoms with E-state index < -0.39 is 0 Å². The summed E-state index contributed by atoms with van der Waals surface area (Å²) >= 11 is 0. The average molecular weight is 286 g/mol. The molecule has 0 aromatic carbocycles. The topological polar surface area (TPSA) is 31.4 Å². The smallest absolute Gasteiger partial charge is 0.128 e. The Balaban J connectivity index is 1.36. The van der Waals surface area contributed by atoms with E-state index in [1.165, 1.54) is 44.3 Å². The molecule has 2 atom stereocenters. The molecule has 3 fully saturated rings. The highest BCUT2D eigenvalue weighted by Gasteiger charge is 2.38. The Bertz CT molecular complexity index is 476. The number of hydrogen-bond donors (Lipinski definition) is 1. The molecule has 4 nitrogen and oxygen atoms in total. The summed E-state index contributed by atoms with van der Waals surface area (Å²) in [7, 11) is 0. The van der Waals surface area contributed by atoms with E-state index in [4.69, 9.17) is 0 Å². The second-order valence-corrected chi connectivity index (χ2v) is 6.95. The highest BCUT2D eigenvalue weighted by atomic mass is 15.3. The molecule has 3 aliphatic rings. The number of nitrogens with zero attached hydrogens (tertiary/aromatic N) is 3. The summed E-state index contributed by atoms with van der Waals surface area (Å²) in [4.78, 5) is 9.71. The van der Waals surface area contributed by atoms with Crippen molar-refractivity contribution in [3.8, 4) is 0 Å². The van der Waals surface area contributed by atoms with E-state index in [0.29, 0.717) is 6.04 Å². The Kier molecular flexibility index (Phi) is 3.49. The van der Waals surface area contributed by atoms with E-state index in [2.05, 4.69) is 39.2 Å². The summed E-state index contributed by atoms with van der Waals surface area (Å²) in [6.45, 7) is 5.89. The van der Waals surface area contributed by atoms with Crippen LogP contribution in [0.5, 0.6) is 0 Å². The molecular formula is C17H26N4. The molecule has 2 saturated heterocycles. The lowest BCUT2D eigenvalue weighted by Crippen LogP contribution is -2.31. The van der Waals surface area contributed by atoms with Gasteiger partial charge in [-0.1, -0.05) is 0 Å². The van der Waals surface area contributed by atoms with Crippen LogP contribution in [0.3, 0.4) is 0 Å². The van der Waals surface area contributed by atoms with Gasteiger partial charge in [0.05, 0.1) is 11.9 Å². The fraction of sp³-hybridized carbons (Fsp3) is 0.706. The lowest BCUT2D eigenvalue weighted by Gasteiger charge is -2.20. The average Bonchev–Trinajstić information content (AvgIpc) is 3.05. The van der Waals surface area contributed by atoms with E-state index in [1.54, 1.807) is 0 Å². The Morgan fingerprint density at radius 3 is 2.67 bits per heavy atom. The highest BCUT2D eigenvalue weighted by Crippen LogP contribution is 2.34. The zero-order valence-electron chi connectivity index (χ0n) is 13.0. The van der Waals surface area contributed by atoms with Gasteiger partial charge in [-0.2, -0.15) is 0 Å². The van der Waals surface area contributed by atoms with Crippen molar-refractivity contribution in [3.05, 3.63) is 18.3 Å². The number of nitrogens with one attached hydrogen (secondary N) is 1. The first-order chi connectivity index (χ1) is 10.3. The van der Waals surface area contributed by atoms with Gasteiger partial charge in [0.15, 0.2) is 0 Å².